The van der Waals surface area contributed by atoms with E-state index in [1.165, 1.54) is 11.3 Å². The summed E-state index contributed by atoms with van der Waals surface area (Å²) < 4.78 is 5.53. The summed E-state index contributed by atoms with van der Waals surface area (Å²) in [6.07, 6.45) is 0.952. The molecule has 1 heterocycles. The zero-order chi connectivity index (χ0) is 15.1. The number of hydrogen-bond donors (Lipinski definition) is 2. The van der Waals surface area contributed by atoms with Gasteiger partial charge in [0.2, 0.25) is 0 Å². The van der Waals surface area contributed by atoms with Crippen molar-refractivity contribution < 1.29 is 14.6 Å². The Kier molecular flexibility index (Phi) is 5.57. The van der Waals surface area contributed by atoms with E-state index < -0.39 is 5.97 Å². The highest BCUT2D eigenvalue weighted by molar-refractivity contribution is 7.13. The molecule has 6 heteroatoms. The third-order valence-corrected chi connectivity index (χ3v) is 3.57. The summed E-state index contributed by atoms with van der Waals surface area (Å²) >= 11 is 1.41. The van der Waals surface area contributed by atoms with E-state index in [2.05, 4.69) is 17.2 Å². The maximum Gasteiger partial charge on any atom is 0.309 e. The molecule has 2 N–H and O–H groups in total. The number of hydrogen-bond acceptors (Lipinski definition) is 5. The van der Waals surface area contributed by atoms with E-state index in [9.17, 15) is 4.79 Å². The van der Waals surface area contributed by atoms with Gasteiger partial charge in [-0.05, 0) is 24.1 Å². The van der Waals surface area contributed by atoms with Crippen molar-refractivity contribution in [1.29, 1.82) is 0 Å². The number of carboxylic acid groups (broad SMARTS) is 1. The molecule has 5 nitrogen and oxygen atoms in total. The van der Waals surface area contributed by atoms with Crippen LogP contribution in [0.5, 0.6) is 5.75 Å². The largest absolute Gasteiger partial charge is 0.494 e. The summed E-state index contributed by atoms with van der Waals surface area (Å²) in [7, 11) is 0. The average Bonchev–Trinajstić information content (AvgIpc) is 2.91. The molecule has 2 rings (SSSR count). The van der Waals surface area contributed by atoms with Crippen LogP contribution in [0.2, 0.25) is 0 Å². The molecule has 0 fully saturated rings. The Labute approximate surface area is 127 Å². The highest BCUT2D eigenvalue weighted by atomic mass is 32.1. The molecule has 21 heavy (non-hydrogen) atoms. The number of carboxylic acids is 1. The van der Waals surface area contributed by atoms with Gasteiger partial charge in [-0.3, -0.25) is 4.79 Å². The van der Waals surface area contributed by atoms with Crippen molar-refractivity contribution in [3.05, 3.63) is 40.9 Å². The SMILES string of the molecule is CCCOc1ccc(CNc2nc(CC(=O)O)cs2)cc1. The number of nitrogens with zero attached hydrogens (tertiary/aromatic N) is 1. The predicted octanol–water partition coefficient (Wildman–Crippen LogP) is 3.17. The van der Waals surface area contributed by atoms with Crippen molar-refractivity contribution in [3.63, 3.8) is 0 Å². The zero-order valence-corrected chi connectivity index (χ0v) is 12.7. The minimum absolute atomic E-state index is 0.0400. The quantitative estimate of drug-likeness (QED) is 0.784. The Morgan fingerprint density at radius 1 is 1.38 bits per heavy atom. The van der Waals surface area contributed by atoms with Gasteiger partial charge < -0.3 is 15.2 Å². The average molecular weight is 306 g/mol. The number of ether oxygens (including phenoxy) is 1. The molecule has 0 spiro atoms. The Bertz CT molecular complexity index is 581. The molecular weight excluding hydrogens is 288 g/mol. The topological polar surface area (TPSA) is 71.5 Å². The van der Waals surface area contributed by atoms with Crippen LogP contribution < -0.4 is 10.1 Å². The predicted molar refractivity (Wildman–Crippen MR) is 83.0 cm³/mol. The smallest absolute Gasteiger partial charge is 0.309 e. The lowest BCUT2D eigenvalue weighted by atomic mass is 10.2. The van der Waals surface area contributed by atoms with Gasteiger partial charge in [0.25, 0.3) is 0 Å². The summed E-state index contributed by atoms with van der Waals surface area (Å²) in [5.74, 6) is 0.00751. The van der Waals surface area contributed by atoms with E-state index in [-0.39, 0.29) is 6.42 Å². The number of anilines is 1. The summed E-state index contributed by atoms with van der Waals surface area (Å²) in [4.78, 5) is 14.8. The van der Waals surface area contributed by atoms with Crippen LogP contribution in [0.1, 0.15) is 24.6 Å². The molecule has 0 aliphatic rings. The number of carbonyl (C=O) groups is 1. The molecule has 0 saturated heterocycles. The Hall–Kier alpha value is -2.08. The number of benzene rings is 1. The van der Waals surface area contributed by atoms with Gasteiger partial charge in [-0.1, -0.05) is 19.1 Å². The first-order valence-electron chi connectivity index (χ1n) is 6.79. The second-order valence-electron chi connectivity index (χ2n) is 4.56. The van der Waals surface area contributed by atoms with Crippen LogP contribution >= 0.6 is 11.3 Å². The van der Waals surface area contributed by atoms with E-state index in [0.717, 1.165) is 29.5 Å². The molecule has 0 atom stereocenters. The van der Waals surface area contributed by atoms with Gasteiger partial charge in [0.15, 0.2) is 5.13 Å². The lowest BCUT2D eigenvalue weighted by Crippen LogP contribution is -2.02. The molecule has 2 aromatic rings. The molecule has 0 saturated carbocycles. The standard InChI is InChI=1S/C15H18N2O3S/c1-2-7-20-13-5-3-11(4-6-13)9-16-15-17-12(10-21-15)8-14(18)19/h3-6,10H,2,7-9H2,1H3,(H,16,17)(H,18,19). The molecule has 0 amide bonds. The van der Waals surface area contributed by atoms with Crippen molar-refractivity contribution in [2.24, 2.45) is 0 Å². The van der Waals surface area contributed by atoms with Gasteiger partial charge in [0, 0.05) is 11.9 Å². The van der Waals surface area contributed by atoms with E-state index in [0.29, 0.717) is 12.2 Å². The van der Waals surface area contributed by atoms with Crippen molar-refractivity contribution in [2.45, 2.75) is 26.3 Å². The molecule has 0 aliphatic heterocycles. The first-order chi connectivity index (χ1) is 10.2. The first kappa shape index (κ1) is 15.3. The fourth-order valence-corrected chi connectivity index (χ4v) is 2.43. The molecule has 0 bridgehead atoms. The number of thiazole rings is 1. The summed E-state index contributed by atoms with van der Waals surface area (Å²) in [5, 5.41) is 14.4. The van der Waals surface area contributed by atoms with Gasteiger partial charge in [-0.15, -0.1) is 11.3 Å². The van der Waals surface area contributed by atoms with Crippen LogP contribution in [0, 0.1) is 0 Å². The number of aromatic nitrogens is 1. The number of aliphatic carboxylic acids is 1. The van der Waals surface area contributed by atoms with Gasteiger partial charge in [0.05, 0.1) is 18.7 Å². The third kappa shape index (κ3) is 5.07. The Morgan fingerprint density at radius 3 is 2.81 bits per heavy atom. The molecule has 0 radical (unpaired) electrons. The molecule has 0 aliphatic carbocycles. The van der Waals surface area contributed by atoms with Crippen LogP contribution in [-0.4, -0.2) is 22.7 Å². The lowest BCUT2D eigenvalue weighted by molar-refractivity contribution is -0.136. The van der Waals surface area contributed by atoms with Crippen LogP contribution in [0.25, 0.3) is 0 Å². The van der Waals surface area contributed by atoms with Crippen molar-refractivity contribution in [3.8, 4) is 5.75 Å². The third-order valence-electron chi connectivity index (χ3n) is 2.72. The first-order valence-corrected chi connectivity index (χ1v) is 7.67. The summed E-state index contributed by atoms with van der Waals surface area (Å²) in [5.41, 5.74) is 1.70. The highest BCUT2D eigenvalue weighted by Gasteiger charge is 2.05. The molecule has 1 aromatic carbocycles. The van der Waals surface area contributed by atoms with E-state index >= 15 is 0 Å². The second kappa shape index (κ2) is 7.64. The normalized spacial score (nSPS) is 10.3. The summed E-state index contributed by atoms with van der Waals surface area (Å²) in [6.45, 7) is 3.45. The second-order valence-corrected chi connectivity index (χ2v) is 5.42. The Balaban J connectivity index is 1.84. The Morgan fingerprint density at radius 2 is 2.14 bits per heavy atom. The van der Waals surface area contributed by atoms with E-state index in [1.807, 2.05) is 24.3 Å². The zero-order valence-electron chi connectivity index (χ0n) is 11.8. The van der Waals surface area contributed by atoms with Gasteiger partial charge in [-0.25, -0.2) is 4.98 Å². The van der Waals surface area contributed by atoms with Gasteiger partial charge in [0.1, 0.15) is 5.75 Å². The van der Waals surface area contributed by atoms with Crippen LogP contribution in [-0.2, 0) is 17.8 Å². The molecule has 112 valence electrons. The maximum absolute atomic E-state index is 10.6. The van der Waals surface area contributed by atoms with Crippen molar-refractivity contribution >= 4 is 22.4 Å². The van der Waals surface area contributed by atoms with Gasteiger partial charge in [-0.2, -0.15) is 0 Å². The molecular formula is C15H18N2O3S. The van der Waals surface area contributed by atoms with Crippen molar-refractivity contribution in [1.82, 2.24) is 4.98 Å². The highest BCUT2D eigenvalue weighted by Crippen LogP contribution is 2.18. The number of nitrogens with one attached hydrogen (secondary N) is 1. The van der Waals surface area contributed by atoms with E-state index in [4.69, 9.17) is 9.84 Å². The van der Waals surface area contributed by atoms with Crippen molar-refractivity contribution in [2.75, 3.05) is 11.9 Å². The molecule has 1 aromatic heterocycles. The van der Waals surface area contributed by atoms with Crippen LogP contribution in [0.4, 0.5) is 5.13 Å². The summed E-state index contributed by atoms with van der Waals surface area (Å²) in [6, 6.07) is 7.91. The molecule has 0 unspecified atom stereocenters. The van der Waals surface area contributed by atoms with Crippen LogP contribution in [0.3, 0.4) is 0 Å². The fraction of sp³-hybridized carbons (Fsp3) is 0.333. The number of rotatable bonds is 8. The monoisotopic (exact) mass is 306 g/mol. The minimum Gasteiger partial charge on any atom is -0.494 e. The van der Waals surface area contributed by atoms with Gasteiger partial charge >= 0.3 is 5.97 Å². The van der Waals surface area contributed by atoms with Crippen LogP contribution in [0.15, 0.2) is 29.6 Å². The lowest BCUT2D eigenvalue weighted by Gasteiger charge is -2.06. The maximum atomic E-state index is 10.6. The minimum atomic E-state index is -0.866. The fourth-order valence-electron chi connectivity index (χ4n) is 1.73. The van der Waals surface area contributed by atoms with E-state index in [1.54, 1.807) is 5.38 Å².